The maximum Gasteiger partial charge on any atom is 0.270 e. The molecule has 0 atom stereocenters. The van der Waals surface area contributed by atoms with Crippen LogP contribution < -0.4 is 15.6 Å². The summed E-state index contributed by atoms with van der Waals surface area (Å²) in [4.78, 5) is 34.3. The number of nitrogens with zero attached hydrogens (tertiary/aromatic N) is 3. The number of carbonyl (C=O) groups excluding carboxylic acids is 2. The number of hydrazine groups is 1. The highest BCUT2D eigenvalue weighted by atomic mass is 16.5. The molecule has 3 heterocycles. The molecule has 0 radical (unpaired) electrons. The molecule has 3 aromatic heterocycles. The van der Waals surface area contributed by atoms with Crippen molar-refractivity contribution in [3.8, 4) is 17.2 Å². The smallest absolute Gasteiger partial charge is 0.270 e. The minimum atomic E-state index is -0.472. The number of benzene rings is 2. The van der Waals surface area contributed by atoms with E-state index in [9.17, 15) is 9.59 Å². The van der Waals surface area contributed by atoms with E-state index in [0.717, 1.165) is 5.82 Å². The Morgan fingerprint density at radius 3 is 2.54 bits per heavy atom. The summed E-state index contributed by atoms with van der Waals surface area (Å²) in [6.45, 7) is 0.310. The van der Waals surface area contributed by atoms with Crippen molar-refractivity contribution < 1.29 is 18.7 Å². The quantitative estimate of drug-likeness (QED) is 0.367. The van der Waals surface area contributed by atoms with Crippen molar-refractivity contribution in [3.05, 3.63) is 102 Å². The van der Waals surface area contributed by atoms with Gasteiger partial charge in [-0.1, -0.05) is 18.2 Å². The van der Waals surface area contributed by atoms with E-state index in [1.807, 2.05) is 36.0 Å². The average Bonchev–Trinajstić information content (AvgIpc) is 3.57. The van der Waals surface area contributed by atoms with Crippen LogP contribution in [0.3, 0.4) is 0 Å². The van der Waals surface area contributed by atoms with Crippen LogP contribution in [0.5, 0.6) is 5.75 Å². The van der Waals surface area contributed by atoms with E-state index in [0.29, 0.717) is 45.8 Å². The third-order valence-electron chi connectivity index (χ3n) is 5.43. The lowest BCUT2D eigenvalue weighted by Gasteiger charge is -2.11. The fraction of sp³-hybridized carbons (Fsp3) is 0.0769. The fourth-order valence-corrected chi connectivity index (χ4v) is 3.55. The van der Waals surface area contributed by atoms with Gasteiger partial charge in [0, 0.05) is 30.4 Å². The molecule has 9 heteroatoms. The van der Waals surface area contributed by atoms with Crippen LogP contribution in [0.15, 0.2) is 89.8 Å². The van der Waals surface area contributed by atoms with Crippen LogP contribution in [0.4, 0.5) is 0 Å². The zero-order chi connectivity index (χ0) is 24.2. The molecule has 0 aliphatic carbocycles. The summed E-state index contributed by atoms with van der Waals surface area (Å²) in [5.74, 6) is 0.994. The van der Waals surface area contributed by atoms with Crippen molar-refractivity contribution in [3.63, 3.8) is 0 Å². The first kappa shape index (κ1) is 21.9. The maximum atomic E-state index is 13.0. The fourth-order valence-electron chi connectivity index (χ4n) is 3.55. The van der Waals surface area contributed by atoms with Gasteiger partial charge >= 0.3 is 0 Å². The predicted octanol–water partition coefficient (Wildman–Crippen LogP) is 3.88. The maximum absolute atomic E-state index is 13.0. The summed E-state index contributed by atoms with van der Waals surface area (Å²) in [6, 6.07) is 19.0. The van der Waals surface area contributed by atoms with E-state index >= 15 is 0 Å². The number of hydrogen-bond acceptors (Lipinski definition) is 6. The molecule has 0 spiro atoms. The minimum Gasteiger partial charge on any atom is -0.486 e. The number of rotatable bonds is 6. The van der Waals surface area contributed by atoms with E-state index in [2.05, 4.69) is 20.8 Å². The van der Waals surface area contributed by atoms with E-state index in [-0.39, 0.29) is 0 Å². The highest BCUT2D eigenvalue weighted by Crippen LogP contribution is 2.25. The first-order chi connectivity index (χ1) is 17.1. The summed E-state index contributed by atoms with van der Waals surface area (Å²) in [5.41, 5.74) is 6.83. The Morgan fingerprint density at radius 1 is 1.00 bits per heavy atom. The van der Waals surface area contributed by atoms with Gasteiger partial charge in [0.25, 0.3) is 11.8 Å². The number of imidazole rings is 1. The Balaban J connectivity index is 1.26. The molecule has 9 nitrogen and oxygen atoms in total. The second-order valence-electron chi connectivity index (χ2n) is 7.73. The first-order valence-electron chi connectivity index (χ1n) is 10.8. The third kappa shape index (κ3) is 4.74. The van der Waals surface area contributed by atoms with E-state index in [4.69, 9.17) is 9.15 Å². The number of fused-ring (bicyclic) bond motifs is 1. The molecular weight excluding hydrogens is 446 g/mol. The molecule has 0 aliphatic rings. The van der Waals surface area contributed by atoms with Crippen molar-refractivity contribution in [2.24, 2.45) is 7.05 Å². The van der Waals surface area contributed by atoms with Crippen molar-refractivity contribution in [1.82, 2.24) is 25.4 Å². The molecule has 0 saturated heterocycles. The monoisotopic (exact) mass is 467 g/mol. The normalized spacial score (nSPS) is 10.8. The molecule has 2 N–H and O–H groups in total. The number of aromatic nitrogens is 3. The number of para-hydroxylation sites is 1. The summed E-state index contributed by atoms with van der Waals surface area (Å²) in [7, 11) is 1.89. The predicted molar refractivity (Wildman–Crippen MR) is 128 cm³/mol. The Bertz CT molecular complexity index is 1490. The Morgan fingerprint density at radius 2 is 1.80 bits per heavy atom. The van der Waals surface area contributed by atoms with Crippen LogP contribution in [-0.2, 0) is 13.7 Å². The zero-order valence-corrected chi connectivity index (χ0v) is 18.8. The number of amides is 2. The highest BCUT2D eigenvalue weighted by molar-refractivity contribution is 6.08. The lowest BCUT2D eigenvalue weighted by Crippen LogP contribution is -2.41. The summed E-state index contributed by atoms with van der Waals surface area (Å²) in [6.07, 6.45) is 5.08. The van der Waals surface area contributed by atoms with E-state index in [1.54, 1.807) is 61.0 Å². The minimum absolute atomic E-state index is 0.310. The van der Waals surface area contributed by atoms with Crippen LogP contribution >= 0.6 is 0 Å². The lowest BCUT2D eigenvalue weighted by atomic mass is 10.1. The van der Waals surface area contributed by atoms with Crippen molar-refractivity contribution in [1.29, 1.82) is 0 Å². The Kier molecular flexibility index (Phi) is 5.96. The van der Waals surface area contributed by atoms with Gasteiger partial charge in [-0.3, -0.25) is 20.4 Å². The Hall–Kier alpha value is -4.92. The standard InChI is InChI=1S/C26H21N5O4/c1-31-13-12-27-24(31)16-35-18-10-8-17(9-11-18)25(32)29-30-26(33)20-15-22(23-7-4-14-34-23)28-21-6-3-2-5-19(20)21/h2-15H,16H2,1H3,(H,29,32)(H,30,33). The van der Waals surface area contributed by atoms with Crippen molar-refractivity contribution >= 4 is 22.7 Å². The molecule has 0 aliphatic heterocycles. The second-order valence-corrected chi connectivity index (χ2v) is 7.73. The number of hydrogen-bond donors (Lipinski definition) is 2. The van der Waals surface area contributed by atoms with Gasteiger partial charge in [-0.05, 0) is 48.5 Å². The number of furan rings is 1. The van der Waals surface area contributed by atoms with Crippen LogP contribution in [0, 0.1) is 0 Å². The highest BCUT2D eigenvalue weighted by Gasteiger charge is 2.16. The van der Waals surface area contributed by atoms with Crippen LogP contribution in [0.2, 0.25) is 0 Å². The molecule has 0 unspecified atom stereocenters. The molecule has 5 aromatic rings. The molecule has 2 aromatic carbocycles. The summed E-state index contributed by atoms with van der Waals surface area (Å²) < 4.78 is 13.0. The van der Waals surface area contributed by atoms with Crippen LogP contribution in [0.25, 0.3) is 22.4 Å². The van der Waals surface area contributed by atoms with Crippen LogP contribution in [-0.4, -0.2) is 26.3 Å². The number of carbonyl (C=O) groups is 2. The van der Waals surface area contributed by atoms with E-state index < -0.39 is 11.8 Å². The van der Waals surface area contributed by atoms with Gasteiger partial charge in [0.1, 0.15) is 23.9 Å². The molecular formula is C26H21N5O4. The third-order valence-corrected chi connectivity index (χ3v) is 5.43. The Labute approximate surface area is 200 Å². The largest absolute Gasteiger partial charge is 0.486 e. The summed E-state index contributed by atoms with van der Waals surface area (Å²) in [5, 5.41) is 0.656. The number of nitrogens with one attached hydrogen (secondary N) is 2. The molecule has 0 bridgehead atoms. The second kappa shape index (κ2) is 9.52. The topological polar surface area (TPSA) is 111 Å². The molecule has 0 saturated carbocycles. The van der Waals surface area contributed by atoms with Gasteiger partial charge in [0.2, 0.25) is 0 Å². The zero-order valence-electron chi connectivity index (χ0n) is 18.8. The van der Waals surface area contributed by atoms with Gasteiger partial charge in [0.15, 0.2) is 5.76 Å². The molecule has 5 rings (SSSR count). The van der Waals surface area contributed by atoms with Crippen molar-refractivity contribution in [2.45, 2.75) is 6.61 Å². The number of aryl methyl sites for hydroxylation is 1. The van der Waals surface area contributed by atoms with Gasteiger partial charge < -0.3 is 13.7 Å². The summed E-state index contributed by atoms with van der Waals surface area (Å²) >= 11 is 0. The SMILES string of the molecule is Cn1ccnc1COc1ccc(C(=O)NNC(=O)c2cc(-c3ccco3)nc3ccccc23)cc1. The molecule has 2 amide bonds. The van der Waals surface area contributed by atoms with Gasteiger partial charge in [-0.25, -0.2) is 9.97 Å². The van der Waals surface area contributed by atoms with Crippen LogP contribution in [0.1, 0.15) is 26.5 Å². The van der Waals surface area contributed by atoms with Gasteiger partial charge in [-0.15, -0.1) is 0 Å². The van der Waals surface area contributed by atoms with Gasteiger partial charge in [-0.2, -0.15) is 0 Å². The molecule has 35 heavy (non-hydrogen) atoms. The van der Waals surface area contributed by atoms with E-state index in [1.165, 1.54) is 0 Å². The number of pyridine rings is 1. The number of ether oxygens (including phenoxy) is 1. The average molecular weight is 467 g/mol. The molecule has 0 fully saturated rings. The van der Waals surface area contributed by atoms with Gasteiger partial charge in [0.05, 0.1) is 17.3 Å². The van der Waals surface area contributed by atoms with Crippen molar-refractivity contribution in [2.75, 3.05) is 0 Å². The first-order valence-corrected chi connectivity index (χ1v) is 10.8. The molecule has 174 valence electrons. The lowest BCUT2D eigenvalue weighted by molar-refractivity contribution is 0.0847.